The molecule has 12 heteroatoms. The van der Waals surface area contributed by atoms with Crippen LogP contribution in [-0.4, -0.2) is 47.4 Å². The Morgan fingerprint density at radius 1 is 1.28 bits per heavy atom. The number of carbonyl (C=O) groups is 1. The summed E-state index contributed by atoms with van der Waals surface area (Å²) in [5.41, 5.74) is -0.0518. The zero-order valence-electron chi connectivity index (χ0n) is 15.7. The van der Waals surface area contributed by atoms with E-state index >= 15 is 0 Å². The molecule has 2 rings (SSSR count). The molecule has 0 saturated heterocycles. The Kier molecular flexibility index (Phi) is 7.96. The smallest absolute Gasteiger partial charge is 0.271 e. The molecule has 1 amide bonds. The average Bonchev–Trinajstić information content (AvgIpc) is 2.69. The van der Waals surface area contributed by atoms with Gasteiger partial charge in [0.25, 0.3) is 5.69 Å². The van der Waals surface area contributed by atoms with E-state index in [0.717, 1.165) is 11.8 Å². The van der Waals surface area contributed by atoms with Crippen LogP contribution in [0.15, 0.2) is 46.5 Å². The molecule has 0 aliphatic heterocycles. The number of sulfonamides is 1. The van der Waals surface area contributed by atoms with Crippen LogP contribution in [0.5, 0.6) is 0 Å². The van der Waals surface area contributed by atoms with Gasteiger partial charge in [-0.2, -0.15) is 4.31 Å². The number of anilines is 1. The van der Waals surface area contributed by atoms with E-state index in [-0.39, 0.29) is 27.0 Å². The molecule has 0 spiro atoms. The third-order valence-electron chi connectivity index (χ3n) is 3.84. The Morgan fingerprint density at radius 3 is 2.52 bits per heavy atom. The number of non-ortho nitro benzene ring substituents is 1. The van der Waals surface area contributed by atoms with Crippen LogP contribution in [0.25, 0.3) is 0 Å². The van der Waals surface area contributed by atoms with Crippen molar-refractivity contribution in [1.29, 1.82) is 0 Å². The Balaban J connectivity index is 2.01. The SMILES string of the molecule is CCN(CC)S(=O)(=O)c1ccc(SCC(=O)Nc2cc([N+](=O)[O-])ccc2Cl)nc1. The average molecular weight is 459 g/mol. The molecular weight excluding hydrogens is 440 g/mol. The summed E-state index contributed by atoms with van der Waals surface area (Å²) in [6, 6.07) is 6.71. The number of nitro benzene ring substituents is 1. The fraction of sp³-hybridized carbons (Fsp3) is 0.294. The van der Waals surface area contributed by atoms with Crippen molar-refractivity contribution in [3.05, 3.63) is 51.7 Å². The maximum absolute atomic E-state index is 12.4. The molecule has 0 radical (unpaired) electrons. The molecule has 29 heavy (non-hydrogen) atoms. The van der Waals surface area contributed by atoms with Gasteiger partial charge in [0, 0.05) is 31.4 Å². The van der Waals surface area contributed by atoms with Gasteiger partial charge in [0.05, 0.1) is 26.4 Å². The van der Waals surface area contributed by atoms with Gasteiger partial charge in [0.2, 0.25) is 15.9 Å². The first kappa shape index (κ1) is 23.1. The number of amides is 1. The van der Waals surface area contributed by atoms with Crippen molar-refractivity contribution in [2.75, 3.05) is 24.2 Å². The number of halogens is 1. The summed E-state index contributed by atoms with van der Waals surface area (Å²) in [6.45, 7) is 4.22. The van der Waals surface area contributed by atoms with Gasteiger partial charge in [0.1, 0.15) is 4.90 Å². The van der Waals surface area contributed by atoms with E-state index in [1.807, 2.05) is 0 Å². The van der Waals surface area contributed by atoms with Crippen molar-refractivity contribution in [3.63, 3.8) is 0 Å². The highest BCUT2D eigenvalue weighted by Gasteiger charge is 2.22. The number of aromatic nitrogens is 1. The maximum atomic E-state index is 12.4. The zero-order valence-corrected chi connectivity index (χ0v) is 18.1. The molecule has 1 N–H and O–H groups in total. The van der Waals surface area contributed by atoms with Gasteiger partial charge in [-0.05, 0) is 18.2 Å². The topological polar surface area (TPSA) is 123 Å². The number of benzene rings is 1. The van der Waals surface area contributed by atoms with Gasteiger partial charge in [-0.1, -0.05) is 37.2 Å². The minimum atomic E-state index is -3.59. The minimum Gasteiger partial charge on any atom is -0.324 e. The first-order valence-corrected chi connectivity index (χ1v) is 11.3. The highest BCUT2D eigenvalue weighted by Crippen LogP contribution is 2.27. The molecule has 0 bridgehead atoms. The number of rotatable bonds is 9. The molecule has 1 aromatic carbocycles. The zero-order chi connectivity index (χ0) is 21.6. The highest BCUT2D eigenvalue weighted by atomic mass is 35.5. The van der Waals surface area contributed by atoms with E-state index in [2.05, 4.69) is 10.3 Å². The molecular formula is C17H19ClN4O5S2. The lowest BCUT2D eigenvalue weighted by atomic mass is 10.3. The first-order valence-electron chi connectivity index (χ1n) is 8.51. The molecule has 0 aliphatic carbocycles. The van der Waals surface area contributed by atoms with E-state index in [1.54, 1.807) is 13.8 Å². The number of carbonyl (C=O) groups excluding carboxylic acids is 1. The van der Waals surface area contributed by atoms with Crippen LogP contribution in [0, 0.1) is 10.1 Å². The van der Waals surface area contributed by atoms with Crippen molar-refractivity contribution in [2.45, 2.75) is 23.8 Å². The van der Waals surface area contributed by atoms with Gasteiger partial charge >= 0.3 is 0 Å². The monoisotopic (exact) mass is 458 g/mol. The quantitative estimate of drug-likeness (QED) is 0.347. The van der Waals surface area contributed by atoms with Gasteiger partial charge in [-0.3, -0.25) is 14.9 Å². The molecule has 0 aliphatic rings. The highest BCUT2D eigenvalue weighted by molar-refractivity contribution is 7.99. The second-order valence-corrected chi connectivity index (χ2v) is 9.02. The van der Waals surface area contributed by atoms with E-state index in [0.29, 0.717) is 18.1 Å². The Hall–Kier alpha value is -2.21. The third kappa shape index (κ3) is 5.89. The fourth-order valence-electron chi connectivity index (χ4n) is 2.37. The van der Waals surface area contributed by atoms with Crippen molar-refractivity contribution < 1.29 is 18.1 Å². The first-order chi connectivity index (χ1) is 13.7. The molecule has 2 aromatic rings. The van der Waals surface area contributed by atoms with E-state index in [1.165, 1.54) is 40.8 Å². The second kappa shape index (κ2) is 10.0. The summed E-state index contributed by atoms with van der Waals surface area (Å²) in [5, 5.41) is 14.0. The molecule has 0 unspecified atom stereocenters. The Morgan fingerprint density at radius 2 is 1.97 bits per heavy atom. The van der Waals surface area contributed by atoms with Crippen molar-refractivity contribution in [2.24, 2.45) is 0 Å². The maximum Gasteiger partial charge on any atom is 0.271 e. The summed E-state index contributed by atoms with van der Waals surface area (Å²) in [5.74, 6) is -0.465. The minimum absolute atomic E-state index is 0.0336. The lowest BCUT2D eigenvalue weighted by molar-refractivity contribution is -0.384. The number of hydrogen-bond acceptors (Lipinski definition) is 7. The van der Waals surface area contributed by atoms with Crippen molar-refractivity contribution in [1.82, 2.24) is 9.29 Å². The van der Waals surface area contributed by atoms with Crippen LogP contribution >= 0.6 is 23.4 Å². The number of thioether (sulfide) groups is 1. The molecule has 9 nitrogen and oxygen atoms in total. The molecule has 156 valence electrons. The van der Waals surface area contributed by atoms with E-state index in [4.69, 9.17) is 11.6 Å². The number of nitrogens with one attached hydrogen (secondary N) is 1. The predicted molar refractivity (Wildman–Crippen MR) is 112 cm³/mol. The number of pyridine rings is 1. The third-order valence-corrected chi connectivity index (χ3v) is 7.15. The van der Waals surface area contributed by atoms with Crippen LogP contribution in [0.1, 0.15) is 13.8 Å². The largest absolute Gasteiger partial charge is 0.324 e. The van der Waals surface area contributed by atoms with Gasteiger partial charge < -0.3 is 5.32 Å². The van der Waals surface area contributed by atoms with Gasteiger partial charge in [0.15, 0.2) is 0 Å². The lowest BCUT2D eigenvalue weighted by Crippen LogP contribution is -2.30. The Labute approximate surface area is 177 Å². The summed E-state index contributed by atoms with van der Waals surface area (Å²) in [7, 11) is -3.59. The van der Waals surface area contributed by atoms with Crippen molar-refractivity contribution in [3.8, 4) is 0 Å². The van der Waals surface area contributed by atoms with Crippen LogP contribution < -0.4 is 5.32 Å². The second-order valence-electron chi connectivity index (χ2n) is 5.68. The summed E-state index contributed by atoms with van der Waals surface area (Å²) < 4.78 is 26.2. The van der Waals surface area contributed by atoms with Crippen LogP contribution in [0.4, 0.5) is 11.4 Å². The standard InChI is InChI=1S/C17H19ClN4O5S2/c1-3-21(4-2)29(26,27)13-6-8-17(19-10-13)28-11-16(23)20-15-9-12(22(24)25)5-7-14(15)18/h5-10H,3-4,11H2,1-2H3,(H,20,23). The van der Waals surface area contributed by atoms with E-state index < -0.39 is 20.9 Å². The van der Waals surface area contributed by atoms with Crippen LogP contribution in [0.2, 0.25) is 5.02 Å². The molecule has 1 aromatic heterocycles. The lowest BCUT2D eigenvalue weighted by Gasteiger charge is -2.18. The number of nitro groups is 1. The van der Waals surface area contributed by atoms with Crippen molar-refractivity contribution >= 4 is 50.7 Å². The fourth-order valence-corrected chi connectivity index (χ4v) is 4.58. The molecule has 0 fully saturated rings. The summed E-state index contributed by atoms with van der Waals surface area (Å²) in [6.07, 6.45) is 1.26. The predicted octanol–water partition coefficient (Wildman–Crippen LogP) is 3.40. The number of nitrogens with zero attached hydrogens (tertiary/aromatic N) is 3. The molecule has 0 saturated carbocycles. The molecule has 0 atom stereocenters. The normalized spacial score (nSPS) is 11.4. The van der Waals surface area contributed by atoms with Gasteiger partial charge in [-0.15, -0.1) is 0 Å². The summed E-state index contributed by atoms with van der Waals surface area (Å²) in [4.78, 5) is 26.5. The van der Waals surface area contributed by atoms with Gasteiger partial charge in [-0.25, -0.2) is 13.4 Å². The van der Waals surface area contributed by atoms with Crippen LogP contribution in [-0.2, 0) is 14.8 Å². The van der Waals surface area contributed by atoms with E-state index in [9.17, 15) is 23.3 Å². The summed E-state index contributed by atoms with van der Waals surface area (Å²) >= 11 is 7.05. The number of hydrogen-bond donors (Lipinski definition) is 1. The van der Waals surface area contributed by atoms with Crippen LogP contribution in [0.3, 0.4) is 0 Å². The Bertz CT molecular complexity index is 995. The molecule has 1 heterocycles.